The van der Waals surface area contributed by atoms with Gasteiger partial charge in [-0.1, -0.05) is 13.3 Å². The van der Waals surface area contributed by atoms with Gasteiger partial charge in [-0.15, -0.1) is 12.4 Å². The van der Waals surface area contributed by atoms with E-state index < -0.39 is 0 Å². The zero-order valence-corrected chi connectivity index (χ0v) is 12.8. The van der Waals surface area contributed by atoms with Gasteiger partial charge in [0.05, 0.1) is 6.04 Å². The topological polar surface area (TPSA) is 68.3 Å². The Balaban J connectivity index is 0.00000324. The quantitative estimate of drug-likeness (QED) is 0.810. The van der Waals surface area contributed by atoms with Crippen LogP contribution < -0.4 is 11.1 Å². The molecule has 0 bridgehead atoms. The van der Waals surface area contributed by atoms with Gasteiger partial charge < -0.3 is 15.5 Å². The summed E-state index contributed by atoms with van der Waals surface area (Å²) >= 11 is 0. The number of rotatable bonds is 7. The number of carbonyl (C=O) groups excluding carboxylic acids is 1. The minimum Gasteiger partial charge on any atom is -0.466 e. The lowest BCUT2D eigenvalue weighted by atomic mass is 10.1. The minimum absolute atomic E-state index is 0. The zero-order chi connectivity index (χ0) is 13.5. The summed E-state index contributed by atoms with van der Waals surface area (Å²) in [4.78, 5) is 11.7. The highest BCUT2D eigenvalue weighted by atomic mass is 35.5. The Morgan fingerprint density at radius 3 is 2.63 bits per heavy atom. The number of carbonyl (C=O) groups is 1. The molecule has 3 N–H and O–H groups in total. The Bertz CT molecular complexity index is 379. The van der Waals surface area contributed by atoms with E-state index in [9.17, 15) is 4.79 Å². The number of nitrogens with two attached hydrogens (primary N) is 1. The van der Waals surface area contributed by atoms with Gasteiger partial charge in [-0.25, -0.2) is 0 Å². The molecule has 110 valence electrons. The molecule has 0 aliphatic heterocycles. The lowest BCUT2D eigenvalue weighted by Crippen LogP contribution is -2.44. The number of furan rings is 1. The summed E-state index contributed by atoms with van der Waals surface area (Å²) in [6.07, 6.45) is 3.35. The molecule has 1 aromatic heterocycles. The number of nitrogens with one attached hydrogen (secondary N) is 1. The smallest absolute Gasteiger partial charge is 0.237 e. The second-order valence-electron chi connectivity index (χ2n) is 4.86. The molecule has 1 amide bonds. The zero-order valence-electron chi connectivity index (χ0n) is 11.9. The van der Waals surface area contributed by atoms with Crippen molar-refractivity contribution in [1.82, 2.24) is 5.32 Å². The third-order valence-corrected chi connectivity index (χ3v) is 2.94. The number of aryl methyl sites for hydroxylation is 2. The van der Waals surface area contributed by atoms with Crippen LogP contribution in [0.5, 0.6) is 0 Å². The Kier molecular flexibility index (Phi) is 8.52. The molecule has 0 saturated heterocycles. The van der Waals surface area contributed by atoms with E-state index >= 15 is 0 Å². The molecule has 0 saturated carbocycles. The summed E-state index contributed by atoms with van der Waals surface area (Å²) in [5.74, 6) is 1.83. The molecule has 2 atom stereocenters. The van der Waals surface area contributed by atoms with Crippen LogP contribution in [-0.2, 0) is 11.2 Å². The average molecular weight is 289 g/mol. The van der Waals surface area contributed by atoms with Crippen molar-refractivity contribution in [3.05, 3.63) is 23.7 Å². The van der Waals surface area contributed by atoms with Crippen LogP contribution in [0, 0.1) is 6.92 Å². The van der Waals surface area contributed by atoms with Crippen molar-refractivity contribution in [2.24, 2.45) is 5.73 Å². The molecule has 0 radical (unpaired) electrons. The van der Waals surface area contributed by atoms with Gasteiger partial charge in [0, 0.05) is 12.5 Å². The summed E-state index contributed by atoms with van der Waals surface area (Å²) in [5, 5.41) is 2.94. The second-order valence-corrected chi connectivity index (χ2v) is 4.86. The van der Waals surface area contributed by atoms with Gasteiger partial charge in [-0.2, -0.15) is 0 Å². The summed E-state index contributed by atoms with van der Waals surface area (Å²) < 4.78 is 5.49. The van der Waals surface area contributed by atoms with Crippen molar-refractivity contribution in [3.63, 3.8) is 0 Å². The van der Waals surface area contributed by atoms with E-state index in [1.54, 1.807) is 0 Å². The molecule has 0 spiro atoms. The summed E-state index contributed by atoms with van der Waals surface area (Å²) in [5.41, 5.74) is 5.76. The molecule has 5 heteroatoms. The monoisotopic (exact) mass is 288 g/mol. The van der Waals surface area contributed by atoms with E-state index in [1.807, 2.05) is 32.9 Å². The molecule has 2 unspecified atom stereocenters. The van der Waals surface area contributed by atoms with Gasteiger partial charge >= 0.3 is 0 Å². The lowest BCUT2D eigenvalue weighted by Gasteiger charge is -2.16. The molecular formula is C14H25ClN2O2. The van der Waals surface area contributed by atoms with Gasteiger partial charge in [0.25, 0.3) is 0 Å². The lowest BCUT2D eigenvalue weighted by molar-refractivity contribution is -0.123. The van der Waals surface area contributed by atoms with Crippen LogP contribution in [0.2, 0.25) is 0 Å². The molecular weight excluding hydrogens is 264 g/mol. The maximum atomic E-state index is 11.7. The van der Waals surface area contributed by atoms with Gasteiger partial charge in [0.2, 0.25) is 5.91 Å². The number of amides is 1. The first-order valence-electron chi connectivity index (χ1n) is 6.64. The number of hydrogen-bond acceptors (Lipinski definition) is 3. The Labute approximate surface area is 121 Å². The van der Waals surface area contributed by atoms with E-state index in [0.717, 1.165) is 37.2 Å². The largest absolute Gasteiger partial charge is 0.466 e. The van der Waals surface area contributed by atoms with Crippen LogP contribution in [0.1, 0.15) is 44.6 Å². The molecule has 0 aliphatic rings. The molecule has 0 fully saturated rings. The maximum absolute atomic E-state index is 11.7. The Morgan fingerprint density at radius 1 is 1.42 bits per heavy atom. The van der Waals surface area contributed by atoms with Crippen molar-refractivity contribution in [3.8, 4) is 0 Å². The van der Waals surface area contributed by atoms with Crippen LogP contribution in [0.3, 0.4) is 0 Å². The van der Waals surface area contributed by atoms with Gasteiger partial charge in [0.15, 0.2) is 0 Å². The minimum atomic E-state index is -0.386. The van der Waals surface area contributed by atoms with E-state index in [-0.39, 0.29) is 30.4 Å². The summed E-state index contributed by atoms with van der Waals surface area (Å²) in [6, 6.07) is 3.66. The third kappa shape index (κ3) is 6.64. The SMILES string of the molecule is CCCC(N)C(=O)NC(C)CCc1ccc(C)o1.Cl. The maximum Gasteiger partial charge on any atom is 0.237 e. The molecule has 1 aromatic rings. The predicted molar refractivity (Wildman–Crippen MR) is 79.5 cm³/mol. The van der Waals surface area contributed by atoms with Crippen molar-refractivity contribution in [2.45, 2.75) is 58.5 Å². The molecule has 0 aromatic carbocycles. The predicted octanol–water partition coefficient (Wildman–Crippen LogP) is 2.57. The second kappa shape index (κ2) is 8.99. The van der Waals surface area contributed by atoms with Gasteiger partial charge in [-0.3, -0.25) is 4.79 Å². The number of hydrogen-bond donors (Lipinski definition) is 2. The normalized spacial score (nSPS) is 13.5. The van der Waals surface area contributed by atoms with Crippen LogP contribution in [-0.4, -0.2) is 18.0 Å². The van der Waals surface area contributed by atoms with Crippen molar-refractivity contribution in [1.29, 1.82) is 0 Å². The van der Waals surface area contributed by atoms with Crippen molar-refractivity contribution >= 4 is 18.3 Å². The first-order chi connectivity index (χ1) is 8.52. The van der Waals surface area contributed by atoms with Crippen LogP contribution in [0.15, 0.2) is 16.5 Å². The van der Waals surface area contributed by atoms with Gasteiger partial charge in [-0.05, 0) is 38.8 Å². The highest BCUT2D eigenvalue weighted by Crippen LogP contribution is 2.10. The fourth-order valence-electron chi connectivity index (χ4n) is 1.84. The number of halogens is 1. The van der Waals surface area contributed by atoms with Crippen molar-refractivity contribution in [2.75, 3.05) is 0 Å². The fraction of sp³-hybridized carbons (Fsp3) is 0.643. The third-order valence-electron chi connectivity index (χ3n) is 2.94. The van der Waals surface area contributed by atoms with E-state index in [1.165, 1.54) is 0 Å². The molecule has 1 heterocycles. The summed E-state index contributed by atoms with van der Waals surface area (Å²) in [6.45, 7) is 5.95. The standard InChI is InChI=1S/C14H24N2O2.ClH/c1-4-5-13(15)14(17)16-10(2)6-8-12-9-7-11(3)18-12;/h7,9-10,13H,4-6,8,15H2,1-3H3,(H,16,17);1H. The fourth-order valence-corrected chi connectivity index (χ4v) is 1.84. The van der Waals surface area contributed by atoms with E-state index in [4.69, 9.17) is 10.2 Å². The molecule has 19 heavy (non-hydrogen) atoms. The summed E-state index contributed by atoms with van der Waals surface area (Å²) in [7, 11) is 0. The van der Waals surface area contributed by atoms with Crippen LogP contribution in [0.25, 0.3) is 0 Å². The van der Waals surface area contributed by atoms with E-state index in [0.29, 0.717) is 0 Å². The van der Waals surface area contributed by atoms with E-state index in [2.05, 4.69) is 5.32 Å². The average Bonchev–Trinajstić information content (AvgIpc) is 2.73. The molecule has 0 aliphatic carbocycles. The Morgan fingerprint density at radius 2 is 2.11 bits per heavy atom. The molecule has 1 rings (SSSR count). The van der Waals surface area contributed by atoms with Crippen LogP contribution in [0.4, 0.5) is 0 Å². The van der Waals surface area contributed by atoms with Crippen molar-refractivity contribution < 1.29 is 9.21 Å². The first kappa shape index (κ1) is 18.0. The van der Waals surface area contributed by atoms with Gasteiger partial charge in [0.1, 0.15) is 11.5 Å². The molecule has 4 nitrogen and oxygen atoms in total. The Hall–Kier alpha value is -1.00. The first-order valence-corrected chi connectivity index (χ1v) is 6.64. The highest BCUT2D eigenvalue weighted by Gasteiger charge is 2.14. The highest BCUT2D eigenvalue weighted by molar-refractivity contribution is 5.85. The van der Waals surface area contributed by atoms with Crippen LogP contribution >= 0.6 is 12.4 Å².